The molecule has 0 saturated heterocycles. The molecular formula is C52H34N2. The normalized spacial score (nSPS) is 11.3. The van der Waals surface area contributed by atoms with E-state index in [1.807, 2.05) is 0 Å². The van der Waals surface area contributed by atoms with E-state index in [2.05, 4.69) is 206 Å². The van der Waals surface area contributed by atoms with Crippen molar-refractivity contribution in [2.75, 3.05) is 0 Å². The Morgan fingerprint density at radius 3 is 1.39 bits per heavy atom. The number of rotatable bonds is 6. The van der Waals surface area contributed by atoms with Crippen LogP contribution in [0.25, 0.3) is 99.6 Å². The van der Waals surface area contributed by atoms with Crippen LogP contribution in [-0.2, 0) is 0 Å². The summed E-state index contributed by atoms with van der Waals surface area (Å²) in [4.78, 5) is 10.4. The Morgan fingerprint density at radius 2 is 0.722 bits per heavy atom. The zero-order valence-electron chi connectivity index (χ0n) is 29.5. The molecular weight excluding hydrogens is 653 g/mol. The second-order valence-corrected chi connectivity index (χ2v) is 13.8. The van der Waals surface area contributed by atoms with Crippen LogP contribution in [0.4, 0.5) is 0 Å². The van der Waals surface area contributed by atoms with E-state index in [1.165, 1.54) is 55.1 Å². The first-order chi connectivity index (χ1) is 26.7. The van der Waals surface area contributed by atoms with Crippen molar-refractivity contribution in [2.45, 2.75) is 0 Å². The van der Waals surface area contributed by atoms with Gasteiger partial charge in [-0.05, 0) is 90.3 Å². The number of aromatic nitrogens is 2. The molecule has 0 unspecified atom stereocenters. The van der Waals surface area contributed by atoms with Crippen molar-refractivity contribution >= 4 is 32.4 Å². The fourth-order valence-corrected chi connectivity index (χ4v) is 7.63. The van der Waals surface area contributed by atoms with Crippen molar-refractivity contribution in [1.29, 1.82) is 0 Å². The van der Waals surface area contributed by atoms with Crippen molar-refractivity contribution in [3.8, 4) is 67.2 Å². The monoisotopic (exact) mass is 686 g/mol. The molecule has 0 atom stereocenters. The summed E-state index contributed by atoms with van der Waals surface area (Å²) < 4.78 is 0. The third-order valence-electron chi connectivity index (χ3n) is 10.5. The van der Waals surface area contributed by atoms with Crippen LogP contribution in [0, 0.1) is 0 Å². The van der Waals surface area contributed by atoms with Gasteiger partial charge < -0.3 is 0 Å². The van der Waals surface area contributed by atoms with Gasteiger partial charge in [0.1, 0.15) is 0 Å². The second-order valence-electron chi connectivity index (χ2n) is 13.8. The Balaban J connectivity index is 1.00. The standard InChI is InChI=1S/C52H34N2/c1-2-10-35(11-3-1)37-20-22-38(23-21-37)43-15-8-17-45(32-43)46-18-9-16-44(33-46)39-24-27-41(28-25-39)51-50-48-19-7-6-13-40(48)30-31-49(50)53-52(54-51)47-29-26-36-12-4-5-14-42(36)34-47/h1-34H. The highest BCUT2D eigenvalue weighted by Gasteiger charge is 2.15. The van der Waals surface area contributed by atoms with E-state index in [1.54, 1.807) is 0 Å². The molecule has 10 aromatic rings. The molecule has 0 spiro atoms. The molecule has 0 saturated carbocycles. The van der Waals surface area contributed by atoms with Crippen molar-refractivity contribution in [3.63, 3.8) is 0 Å². The maximum atomic E-state index is 5.30. The lowest BCUT2D eigenvalue weighted by Gasteiger charge is -2.13. The first-order valence-electron chi connectivity index (χ1n) is 18.4. The van der Waals surface area contributed by atoms with Crippen molar-refractivity contribution in [2.24, 2.45) is 0 Å². The summed E-state index contributed by atoms with van der Waals surface area (Å²) in [5.74, 6) is 0.727. The maximum Gasteiger partial charge on any atom is 0.160 e. The van der Waals surface area contributed by atoms with E-state index in [9.17, 15) is 0 Å². The lowest BCUT2D eigenvalue weighted by atomic mass is 9.94. The van der Waals surface area contributed by atoms with E-state index in [0.717, 1.165) is 44.5 Å². The predicted molar refractivity (Wildman–Crippen MR) is 227 cm³/mol. The van der Waals surface area contributed by atoms with E-state index < -0.39 is 0 Å². The molecule has 1 heterocycles. The Labute approximate surface area is 314 Å². The summed E-state index contributed by atoms with van der Waals surface area (Å²) in [5, 5.41) is 5.78. The third-order valence-corrected chi connectivity index (χ3v) is 10.5. The second kappa shape index (κ2) is 13.4. The van der Waals surface area contributed by atoms with Gasteiger partial charge in [0, 0.05) is 16.5 Å². The lowest BCUT2D eigenvalue weighted by Crippen LogP contribution is -1.96. The summed E-state index contributed by atoms with van der Waals surface area (Å²) in [7, 11) is 0. The third kappa shape index (κ3) is 5.90. The minimum atomic E-state index is 0.727. The first-order valence-corrected chi connectivity index (χ1v) is 18.4. The number of hydrogen-bond acceptors (Lipinski definition) is 2. The van der Waals surface area contributed by atoms with Gasteiger partial charge in [-0.3, -0.25) is 0 Å². The molecule has 0 N–H and O–H groups in total. The topological polar surface area (TPSA) is 25.8 Å². The van der Waals surface area contributed by atoms with Crippen molar-refractivity contribution in [3.05, 3.63) is 206 Å². The largest absolute Gasteiger partial charge is 0.228 e. The smallest absolute Gasteiger partial charge is 0.160 e. The average Bonchev–Trinajstić information content (AvgIpc) is 3.26. The van der Waals surface area contributed by atoms with Gasteiger partial charge >= 0.3 is 0 Å². The molecule has 2 heteroatoms. The summed E-state index contributed by atoms with van der Waals surface area (Å²) in [6.45, 7) is 0. The average molecular weight is 687 g/mol. The molecule has 54 heavy (non-hydrogen) atoms. The fourth-order valence-electron chi connectivity index (χ4n) is 7.63. The highest BCUT2D eigenvalue weighted by Crippen LogP contribution is 2.37. The molecule has 252 valence electrons. The lowest BCUT2D eigenvalue weighted by molar-refractivity contribution is 1.23. The first kappa shape index (κ1) is 31.6. The maximum absolute atomic E-state index is 5.30. The number of benzene rings is 9. The van der Waals surface area contributed by atoms with Crippen LogP contribution in [0.2, 0.25) is 0 Å². The summed E-state index contributed by atoms with van der Waals surface area (Å²) >= 11 is 0. The van der Waals surface area contributed by atoms with Gasteiger partial charge in [0.2, 0.25) is 0 Å². The summed E-state index contributed by atoms with van der Waals surface area (Å²) in [6, 6.07) is 73.6. The van der Waals surface area contributed by atoms with Gasteiger partial charge in [-0.15, -0.1) is 0 Å². The Bertz CT molecular complexity index is 2960. The molecule has 0 fully saturated rings. The molecule has 0 aliphatic heterocycles. The van der Waals surface area contributed by atoms with E-state index in [-0.39, 0.29) is 0 Å². The number of fused-ring (bicyclic) bond motifs is 4. The SMILES string of the molecule is c1ccc(-c2ccc(-c3cccc(-c4cccc(-c5ccc(-c6nc(-c7ccc8ccccc8c7)nc7ccc8ccccc8c67)cc5)c4)c3)cc2)cc1. The zero-order chi connectivity index (χ0) is 35.8. The van der Waals surface area contributed by atoms with Crippen LogP contribution in [0.5, 0.6) is 0 Å². The number of hydrogen-bond donors (Lipinski definition) is 0. The van der Waals surface area contributed by atoms with Crippen LogP contribution in [0.15, 0.2) is 206 Å². The highest BCUT2D eigenvalue weighted by atomic mass is 14.9. The van der Waals surface area contributed by atoms with Gasteiger partial charge in [-0.2, -0.15) is 0 Å². The van der Waals surface area contributed by atoms with Gasteiger partial charge in [0.15, 0.2) is 5.82 Å². The van der Waals surface area contributed by atoms with Crippen molar-refractivity contribution in [1.82, 2.24) is 9.97 Å². The quantitative estimate of drug-likeness (QED) is 0.163. The molecule has 0 amide bonds. The van der Waals surface area contributed by atoms with Gasteiger partial charge in [-0.25, -0.2) is 9.97 Å². The van der Waals surface area contributed by atoms with E-state index in [0.29, 0.717) is 0 Å². The Kier molecular flexibility index (Phi) is 7.85. The van der Waals surface area contributed by atoms with Crippen LogP contribution in [0.1, 0.15) is 0 Å². The van der Waals surface area contributed by atoms with Crippen LogP contribution < -0.4 is 0 Å². The minimum Gasteiger partial charge on any atom is -0.228 e. The predicted octanol–water partition coefficient (Wildman–Crippen LogP) is 13.9. The molecule has 2 nitrogen and oxygen atoms in total. The van der Waals surface area contributed by atoms with Gasteiger partial charge in [0.25, 0.3) is 0 Å². The Morgan fingerprint density at radius 1 is 0.259 bits per heavy atom. The highest BCUT2D eigenvalue weighted by molar-refractivity contribution is 6.12. The molecule has 0 aliphatic rings. The Hall–Kier alpha value is -7.16. The summed E-state index contributed by atoms with van der Waals surface area (Å²) in [5.41, 5.74) is 13.5. The molecule has 9 aromatic carbocycles. The molecule has 0 bridgehead atoms. The molecule has 0 radical (unpaired) electrons. The van der Waals surface area contributed by atoms with E-state index in [4.69, 9.17) is 9.97 Å². The minimum absolute atomic E-state index is 0.727. The molecule has 10 rings (SSSR count). The van der Waals surface area contributed by atoms with Crippen LogP contribution in [-0.4, -0.2) is 9.97 Å². The fraction of sp³-hybridized carbons (Fsp3) is 0. The van der Waals surface area contributed by atoms with Crippen molar-refractivity contribution < 1.29 is 0 Å². The van der Waals surface area contributed by atoms with Crippen LogP contribution in [0.3, 0.4) is 0 Å². The van der Waals surface area contributed by atoms with Gasteiger partial charge in [0.05, 0.1) is 11.2 Å². The van der Waals surface area contributed by atoms with Crippen LogP contribution >= 0.6 is 0 Å². The molecule has 1 aromatic heterocycles. The van der Waals surface area contributed by atoms with Gasteiger partial charge in [-0.1, -0.05) is 182 Å². The number of nitrogens with zero attached hydrogens (tertiary/aromatic N) is 2. The molecule has 0 aliphatic carbocycles. The van der Waals surface area contributed by atoms with E-state index >= 15 is 0 Å². The zero-order valence-corrected chi connectivity index (χ0v) is 29.5. The summed E-state index contributed by atoms with van der Waals surface area (Å²) in [6.07, 6.45) is 0.